The summed E-state index contributed by atoms with van der Waals surface area (Å²) in [4.78, 5) is 2.60. The number of unbranched alkanes of at least 4 members (excludes halogenated alkanes) is 6. The van der Waals surface area contributed by atoms with Crippen LogP contribution in [0.4, 0.5) is 5.69 Å². The minimum absolute atomic E-state index is 0.241. The number of benzene rings is 4. The van der Waals surface area contributed by atoms with E-state index in [-0.39, 0.29) is 5.75 Å². The highest BCUT2D eigenvalue weighted by Crippen LogP contribution is 2.37. The highest BCUT2D eigenvalue weighted by Gasteiger charge is 2.17. The molecule has 0 unspecified atom stereocenters. The molecule has 0 amide bonds. The predicted octanol–water partition coefficient (Wildman–Crippen LogP) is 11.4. The van der Waals surface area contributed by atoms with E-state index in [0.717, 1.165) is 29.8 Å². The van der Waals surface area contributed by atoms with Gasteiger partial charge in [0.1, 0.15) is 6.54 Å². The summed E-state index contributed by atoms with van der Waals surface area (Å²) in [5.41, 5.74) is 10.6. The van der Waals surface area contributed by atoms with Crippen LogP contribution in [-0.2, 0) is 16.7 Å². The molecule has 5 nitrogen and oxygen atoms in total. The smallest absolute Gasteiger partial charge is 0.265 e. The Balaban J connectivity index is 1.45. The number of aryl methyl sites for hydroxylation is 1. The lowest BCUT2D eigenvalue weighted by molar-refractivity contribution is -0.696. The van der Waals surface area contributed by atoms with Gasteiger partial charge in [-0.2, -0.15) is 8.42 Å². The van der Waals surface area contributed by atoms with Crippen molar-refractivity contribution in [1.82, 2.24) is 0 Å². The van der Waals surface area contributed by atoms with E-state index in [9.17, 15) is 8.42 Å². The first kappa shape index (κ1) is 40.4. The molecule has 1 N–H and O–H groups in total. The molecule has 0 aliphatic heterocycles. The van der Waals surface area contributed by atoms with Gasteiger partial charge in [-0.3, -0.25) is 4.55 Å². The standard InChI is InChI=1S/C48H56N2O3S/c1-3-5-7-15-35-50(36-16-8-6-4-2)46-30-28-45(29-31-46)48(43-20-13-10-14-21-43)47(42-18-11-9-12-19-42)44-26-24-40(25-27-44)22-23-41-32-37-49(38-33-41)34-17-39-54(51,52)53/h9-14,18-33,37-38H,3-8,15-17,34-36,39H2,1-2H3/p+1. The van der Waals surface area contributed by atoms with Crippen molar-refractivity contribution >= 4 is 39.1 Å². The fourth-order valence-electron chi connectivity index (χ4n) is 6.90. The molecule has 1 aromatic heterocycles. The van der Waals surface area contributed by atoms with Crippen molar-refractivity contribution in [1.29, 1.82) is 0 Å². The van der Waals surface area contributed by atoms with Crippen LogP contribution in [0.25, 0.3) is 23.3 Å². The summed E-state index contributed by atoms with van der Waals surface area (Å²) in [6.45, 7) is 7.29. The molecule has 0 radical (unpaired) electrons. The lowest BCUT2D eigenvalue weighted by atomic mass is 9.85. The number of anilines is 1. The largest absolute Gasteiger partial charge is 0.372 e. The molecular formula is C48H57N2O3S+. The fourth-order valence-corrected chi connectivity index (χ4v) is 7.39. The van der Waals surface area contributed by atoms with E-state index in [0.29, 0.717) is 13.0 Å². The van der Waals surface area contributed by atoms with Gasteiger partial charge in [0.2, 0.25) is 0 Å². The van der Waals surface area contributed by atoms with Crippen molar-refractivity contribution < 1.29 is 17.5 Å². The molecule has 0 aliphatic carbocycles. The summed E-state index contributed by atoms with van der Waals surface area (Å²) < 4.78 is 33.0. The van der Waals surface area contributed by atoms with Crippen LogP contribution in [0.1, 0.15) is 105 Å². The van der Waals surface area contributed by atoms with Gasteiger partial charge in [-0.1, -0.05) is 162 Å². The van der Waals surface area contributed by atoms with E-state index < -0.39 is 10.1 Å². The van der Waals surface area contributed by atoms with E-state index in [2.05, 4.69) is 140 Å². The Labute approximate surface area is 324 Å². The normalized spacial score (nSPS) is 12.2. The van der Waals surface area contributed by atoms with E-state index in [4.69, 9.17) is 4.55 Å². The maximum Gasteiger partial charge on any atom is 0.265 e. The van der Waals surface area contributed by atoms with Gasteiger partial charge in [0.05, 0.1) is 5.75 Å². The highest BCUT2D eigenvalue weighted by molar-refractivity contribution is 7.85. The quantitative estimate of drug-likeness (QED) is 0.0352. The lowest BCUT2D eigenvalue weighted by Crippen LogP contribution is -2.33. The zero-order valence-electron chi connectivity index (χ0n) is 32.1. The van der Waals surface area contributed by atoms with Crippen LogP contribution in [0.3, 0.4) is 0 Å². The topological polar surface area (TPSA) is 61.5 Å². The van der Waals surface area contributed by atoms with E-state index in [1.165, 1.54) is 84.9 Å². The lowest BCUT2D eigenvalue weighted by Gasteiger charge is -2.26. The zero-order valence-corrected chi connectivity index (χ0v) is 32.9. The zero-order chi connectivity index (χ0) is 38.0. The Morgan fingerprint density at radius 3 is 1.46 bits per heavy atom. The number of rotatable bonds is 21. The van der Waals surface area contributed by atoms with Gasteiger partial charge in [-0.05, 0) is 69.5 Å². The predicted molar refractivity (Wildman–Crippen MR) is 228 cm³/mol. The van der Waals surface area contributed by atoms with Crippen LogP contribution in [0, 0.1) is 0 Å². The molecule has 5 aromatic rings. The third kappa shape index (κ3) is 12.7. The molecule has 5 rings (SSSR count). The van der Waals surface area contributed by atoms with E-state index >= 15 is 0 Å². The Morgan fingerprint density at radius 2 is 1.00 bits per heavy atom. The van der Waals surface area contributed by atoms with Crippen LogP contribution >= 0.6 is 0 Å². The molecule has 6 heteroatoms. The third-order valence-corrected chi connectivity index (χ3v) is 10.7. The maximum absolute atomic E-state index is 11.0. The van der Waals surface area contributed by atoms with Crippen LogP contribution in [0.2, 0.25) is 0 Å². The molecule has 4 aromatic carbocycles. The SMILES string of the molecule is CCCCCCN(CCCCCC)c1ccc(/C(=C(\c2ccccc2)c2ccc(/C=C/c3cc[n+](CCCS(=O)(=O)O)cc3)cc2)c2ccccc2)cc1. The van der Waals surface area contributed by atoms with Crippen molar-refractivity contribution in [3.8, 4) is 0 Å². The monoisotopic (exact) mass is 741 g/mol. The van der Waals surface area contributed by atoms with E-state index in [1.54, 1.807) is 0 Å². The van der Waals surface area contributed by atoms with Crippen LogP contribution in [-0.4, -0.2) is 31.8 Å². The first-order valence-electron chi connectivity index (χ1n) is 19.8. The molecule has 0 fully saturated rings. The first-order valence-corrected chi connectivity index (χ1v) is 21.4. The second-order valence-corrected chi connectivity index (χ2v) is 15.7. The van der Waals surface area contributed by atoms with Gasteiger partial charge < -0.3 is 4.90 Å². The number of hydrogen-bond acceptors (Lipinski definition) is 3. The molecule has 282 valence electrons. The second-order valence-electron chi connectivity index (χ2n) is 14.1. The molecule has 0 saturated carbocycles. The fraction of sp³-hybridized carbons (Fsp3) is 0.312. The number of hydrogen-bond donors (Lipinski definition) is 1. The molecule has 1 heterocycles. The minimum Gasteiger partial charge on any atom is -0.372 e. The van der Waals surface area contributed by atoms with Crippen LogP contribution in [0.5, 0.6) is 0 Å². The van der Waals surface area contributed by atoms with Crippen molar-refractivity contribution in [2.45, 2.75) is 78.2 Å². The van der Waals surface area contributed by atoms with Crippen molar-refractivity contribution in [3.05, 3.63) is 167 Å². The summed E-state index contributed by atoms with van der Waals surface area (Å²) in [6.07, 6.45) is 18.6. The molecule has 54 heavy (non-hydrogen) atoms. The molecular weight excluding hydrogens is 685 g/mol. The number of pyridine rings is 1. The van der Waals surface area contributed by atoms with Gasteiger partial charge in [0.15, 0.2) is 12.4 Å². The summed E-state index contributed by atoms with van der Waals surface area (Å²) in [5.74, 6) is -0.241. The average Bonchev–Trinajstić information content (AvgIpc) is 3.19. The molecule has 0 bridgehead atoms. The van der Waals surface area contributed by atoms with Gasteiger partial charge >= 0.3 is 0 Å². The second kappa shape index (κ2) is 21.2. The Bertz CT molecular complexity index is 1990. The van der Waals surface area contributed by atoms with Crippen LogP contribution < -0.4 is 9.47 Å². The van der Waals surface area contributed by atoms with Gasteiger partial charge in [0.25, 0.3) is 10.1 Å². The molecule has 0 atom stereocenters. The highest BCUT2D eigenvalue weighted by atomic mass is 32.2. The van der Waals surface area contributed by atoms with Gasteiger partial charge in [-0.15, -0.1) is 0 Å². The average molecular weight is 742 g/mol. The molecule has 0 aliphatic rings. The van der Waals surface area contributed by atoms with Crippen molar-refractivity contribution in [2.75, 3.05) is 23.7 Å². The number of nitrogens with zero attached hydrogens (tertiary/aromatic N) is 2. The summed E-state index contributed by atoms with van der Waals surface area (Å²) in [7, 11) is -3.94. The Morgan fingerprint density at radius 1 is 0.556 bits per heavy atom. The number of aromatic nitrogens is 1. The van der Waals surface area contributed by atoms with Crippen molar-refractivity contribution in [3.63, 3.8) is 0 Å². The minimum atomic E-state index is -3.94. The first-order chi connectivity index (χ1) is 26.3. The molecule has 0 saturated heterocycles. The van der Waals surface area contributed by atoms with Gasteiger partial charge in [0, 0.05) is 37.3 Å². The van der Waals surface area contributed by atoms with E-state index in [1.807, 2.05) is 29.1 Å². The van der Waals surface area contributed by atoms with Crippen LogP contribution in [0.15, 0.2) is 134 Å². The summed E-state index contributed by atoms with van der Waals surface area (Å²) in [6, 6.07) is 43.6. The Hall–Kier alpha value is -4.78. The van der Waals surface area contributed by atoms with Crippen molar-refractivity contribution in [2.24, 2.45) is 0 Å². The third-order valence-electron chi connectivity index (χ3n) is 9.86. The summed E-state index contributed by atoms with van der Waals surface area (Å²) in [5, 5.41) is 0. The molecule has 0 spiro atoms. The maximum atomic E-state index is 11.0. The van der Waals surface area contributed by atoms with Gasteiger partial charge in [-0.25, -0.2) is 4.57 Å². The Kier molecular flexibility index (Phi) is 15.9. The summed E-state index contributed by atoms with van der Waals surface area (Å²) >= 11 is 0.